The average molecular weight is 1170 g/mol. The van der Waals surface area contributed by atoms with Crippen LogP contribution in [0.15, 0.2) is 30.3 Å². The summed E-state index contributed by atoms with van der Waals surface area (Å²) < 4.78 is 53.5. The zero-order chi connectivity index (χ0) is 58.4. The number of hydrogen-bond acceptors (Lipinski definition) is 19. The van der Waals surface area contributed by atoms with E-state index >= 15 is 0 Å². The predicted octanol–water partition coefficient (Wildman–Crippen LogP) is 7.97. The van der Waals surface area contributed by atoms with Gasteiger partial charge in [0.2, 0.25) is 0 Å². The number of benzene rings is 2. The van der Waals surface area contributed by atoms with E-state index in [-0.39, 0.29) is 40.3 Å². The van der Waals surface area contributed by atoms with Gasteiger partial charge in [-0.15, -0.1) is 0 Å². The van der Waals surface area contributed by atoms with Gasteiger partial charge in [-0.05, 0) is 155 Å². The maximum atomic E-state index is 10.6. The van der Waals surface area contributed by atoms with Crippen LogP contribution in [0.25, 0.3) is 0 Å². The minimum atomic E-state index is -0.740. The highest BCUT2D eigenvalue weighted by molar-refractivity contribution is 5.65. The quantitative estimate of drug-likeness (QED) is 0.136. The number of fused-ring (bicyclic) bond motifs is 8. The van der Waals surface area contributed by atoms with Gasteiger partial charge in [-0.1, -0.05) is 26.0 Å². The molecule has 0 radical (unpaired) electrons. The Labute approximate surface area is 506 Å². The number of nitrogen functional groups attached to an aromatic ring is 2. The summed E-state index contributed by atoms with van der Waals surface area (Å²) >= 11 is 0. The number of rotatable bonds is 11. The molecule has 458 valence electrons. The normalized spacial score (nSPS) is 36.9. The third kappa shape index (κ3) is 8.74. The summed E-state index contributed by atoms with van der Waals surface area (Å²) in [5, 5.41) is 10.6. The number of ether oxygens (including phenoxy) is 8. The molecular formula is C67H87N11O8. The zero-order valence-electron chi connectivity index (χ0n) is 51.0. The van der Waals surface area contributed by atoms with E-state index in [1.165, 1.54) is 11.1 Å². The Morgan fingerprint density at radius 2 is 1.30 bits per heavy atom. The van der Waals surface area contributed by atoms with Crippen LogP contribution in [0.2, 0.25) is 0 Å². The number of nitrogens with zero attached hydrogens (tertiary/aromatic N) is 9. The molecule has 4 N–H and O–H groups in total. The summed E-state index contributed by atoms with van der Waals surface area (Å²) in [5.74, 6) is 3.22. The summed E-state index contributed by atoms with van der Waals surface area (Å²) in [6, 6.07) is 13.7. The maximum Gasteiger partial charge on any atom is 0.318 e. The van der Waals surface area contributed by atoms with Gasteiger partial charge < -0.3 is 59.2 Å². The molecular weight excluding hydrogens is 1090 g/mol. The Hall–Kier alpha value is -5.43. The van der Waals surface area contributed by atoms with Gasteiger partial charge in [-0.25, -0.2) is 0 Å². The van der Waals surface area contributed by atoms with E-state index in [0.29, 0.717) is 100 Å². The number of aromatic nitrogens is 4. The molecule has 12 heterocycles. The lowest BCUT2D eigenvalue weighted by molar-refractivity contribution is -0.0877. The van der Waals surface area contributed by atoms with Crippen LogP contribution in [-0.2, 0) is 65.7 Å². The van der Waals surface area contributed by atoms with Gasteiger partial charge in [-0.3, -0.25) is 9.80 Å². The molecule has 2 aromatic heterocycles. The standard InChI is InChI=1S/C67H87N11O8/c1-41-11-15-66(53-23-45(69)7-8-48(41)53)28-55-51(35-85-66)59(74-60(71-55)83-39-63-13-5-19-75(63)32-46(26-63)79-3)78-21-18-64(78)25-44(34-82-38-64)43-24-65(27-47(80-4)33-76(65)31-43)40-84-61-72-56-29-67(16-12-42(2)49-9-10-54(70)50(30-68)57(49)67)86-36-52(56)58(73-61)77-20-17-62(77)14-6-22-81-37-62/h7-10,23,41-44,46-47H,5-6,11-22,24-29,31-40,69-70H2,1-4H3/t41-,42?,43?,44?,46-,47?,62?,63+,64+,65?,66-,67?/m0/s1. The Kier molecular flexibility index (Phi) is 13.5. The predicted molar refractivity (Wildman–Crippen MR) is 322 cm³/mol. The van der Waals surface area contributed by atoms with Gasteiger partial charge in [0.1, 0.15) is 36.5 Å². The second-order valence-electron chi connectivity index (χ2n) is 28.7. The molecule has 12 atom stereocenters. The smallest absolute Gasteiger partial charge is 0.318 e. The van der Waals surface area contributed by atoms with E-state index in [4.69, 9.17) is 69.3 Å². The molecule has 8 saturated heterocycles. The summed E-state index contributed by atoms with van der Waals surface area (Å²) in [6.07, 6.45) is 15.2. The summed E-state index contributed by atoms with van der Waals surface area (Å²) in [4.78, 5) is 31.9. The molecule has 10 aliphatic heterocycles. The Bertz CT molecular complexity index is 3380. The Morgan fingerprint density at radius 3 is 2.00 bits per heavy atom. The molecule has 4 spiro atoms. The van der Waals surface area contributed by atoms with Crippen LogP contribution < -0.4 is 30.7 Å². The van der Waals surface area contributed by atoms with Crippen LogP contribution in [0.4, 0.5) is 23.0 Å². The van der Waals surface area contributed by atoms with Gasteiger partial charge in [0.15, 0.2) is 0 Å². The van der Waals surface area contributed by atoms with E-state index in [1.807, 2.05) is 26.4 Å². The molecule has 86 heavy (non-hydrogen) atoms. The molecule has 2 aromatic carbocycles. The fraction of sp³-hybridized carbons (Fsp3) is 0.687. The van der Waals surface area contributed by atoms with E-state index in [0.717, 1.165) is 187 Å². The van der Waals surface area contributed by atoms with Crippen molar-refractivity contribution in [2.45, 2.75) is 187 Å². The summed E-state index contributed by atoms with van der Waals surface area (Å²) in [7, 11) is 3.68. The lowest BCUT2D eigenvalue weighted by atomic mass is 9.69. The molecule has 0 saturated carbocycles. The molecule has 0 bridgehead atoms. The molecule has 4 aromatic rings. The van der Waals surface area contributed by atoms with Gasteiger partial charge in [0.25, 0.3) is 0 Å². The third-order valence-corrected chi connectivity index (χ3v) is 24.2. The van der Waals surface area contributed by atoms with Crippen molar-refractivity contribution in [3.63, 3.8) is 0 Å². The number of anilines is 4. The second kappa shape index (κ2) is 20.8. The molecule has 7 unspecified atom stereocenters. The second-order valence-corrected chi connectivity index (χ2v) is 28.7. The molecule has 2 aliphatic carbocycles. The summed E-state index contributed by atoms with van der Waals surface area (Å²) in [5.41, 5.74) is 21.5. The summed E-state index contributed by atoms with van der Waals surface area (Å²) in [6.45, 7) is 14.6. The SMILES string of the molecule is COC1CN2CC(C3COC[C@@]4(CCN4c4nc(OC[C@]56CCCN5C[C@@H](OC)C6)nc5c4CO[C@@]4(CC[C@H](C)c6ccc(N)cc64)C5)C3)CC2(COc2nc3c(c(N4CCC45CCCOC5)n2)COC2(CCC(C)c4ccc(N)c(C#N)c42)C3)C1. The first-order chi connectivity index (χ1) is 41.8. The van der Waals surface area contributed by atoms with Gasteiger partial charge in [0.05, 0.1) is 83.3 Å². The average Bonchev–Trinajstić information content (AvgIpc) is 1.01. The molecule has 19 heteroatoms. The van der Waals surface area contributed by atoms with E-state index < -0.39 is 11.2 Å². The van der Waals surface area contributed by atoms with Crippen LogP contribution in [-0.4, -0.2) is 157 Å². The lowest BCUT2D eigenvalue weighted by Gasteiger charge is -2.58. The minimum Gasteiger partial charge on any atom is -0.461 e. The first kappa shape index (κ1) is 55.9. The number of methoxy groups -OCH3 is 2. The topological polar surface area (TPSA) is 214 Å². The van der Waals surface area contributed by atoms with E-state index in [9.17, 15) is 5.26 Å². The Balaban J connectivity index is 0.687. The van der Waals surface area contributed by atoms with Gasteiger partial charge in [0, 0.05) is 101 Å². The molecule has 12 aliphatic rings. The van der Waals surface area contributed by atoms with E-state index in [2.05, 4.69) is 57.7 Å². The fourth-order valence-corrected chi connectivity index (χ4v) is 19.1. The highest BCUT2D eigenvalue weighted by atomic mass is 16.5. The van der Waals surface area contributed by atoms with Crippen molar-refractivity contribution >= 4 is 23.0 Å². The van der Waals surface area contributed by atoms with Crippen LogP contribution >= 0.6 is 0 Å². The zero-order valence-corrected chi connectivity index (χ0v) is 51.0. The minimum absolute atomic E-state index is 0.0810. The monoisotopic (exact) mass is 1170 g/mol. The van der Waals surface area contributed by atoms with Crippen LogP contribution in [0.5, 0.6) is 12.0 Å². The van der Waals surface area contributed by atoms with Crippen molar-refractivity contribution in [2.75, 3.05) is 114 Å². The molecule has 16 rings (SSSR count). The number of hydrogen-bond donors (Lipinski definition) is 2. The van der Waals surface area contributed by atoms with E-state index in [1.54, 1.807) is 0 Å². The van der Waals surface area contributed by atoms with Crippen molar-refractivity contribution < 1.29 is 37.9 Å². The molecule has 8 fully saturated rings. The largest absolute Gasteiger partial charge is 0.461 e. The van der Waals surface area contributed by atoms with Gasteiger partial charge in [-0.2, -0.15) is 25.2 Å². The van der Waals surface area contributed by atoms with Crippen LogP contribution in [0.1, 0.15) is 166 Å². The van der Waals surface area contributed by atoms with Crippen molar-refractivity contribution in [2.24, 2.45) is 11.8 Å². The first-order valence-electron chi connectivity index (χ1n) is 32.6. The van der Waals surface area contributed by atoms with Crippen molar-refractivity contribution in [3.8, 4) is 18.1 Å². The van der Waals surface area contributed by atoms with Crippen LogP contribution in [0, 0.1) is 23.2 Å². The fourth-order valence-electron chi connectivity index (χ4n) is 19.1. The first-order valence-corrected chi connectivity index (χ1v) is 32.6. The number of nitrogens with two attached hydrogens (primary N) is 2. The van der Waals surface area contributed by atoms with Crippen molar-refractivity contribution in [1.82, 2.24) is 29.7 Å². The van der Waals surface area contributed by atoms with Crippen molar-refractivity contribution in [1.29, 1.82) is 5.26 Å². The molecule has 19 nitrogen and oxygen atoms in total. The highest BCUT2D eigenvalue weighted by Gasteiger charge is 2.59. The molecule has 0 amide bonds. The Morgan fingerprint density at radius 1 is 0.651 bits per heavy atom. The highest BCUT2D eigenvalue weighted by Crippen LogP contribution is 2.56. The number of nitriles is 1. The lowest BCUT2D eigenvalue weighted by Crippen LogP contribution is -2.66. The van der Waals surface area contributed by atoms with Gasteiger partial charge >= 0.3 is 12.0 Å². The van der Waals surface area contributed by atoms with Crippen molar-refractivity contribution in [3.05, 3.63) is 80.7 Å². The van der Waals surface area contributed by atoms with Crippen LogP contribution in [0.3, 0.4) is 0 Å². The maximum absolute atomic E-state index is 10.6. The third-order valence-electron chi connectivity index (χ3n) is 24.2.